The van der Waals surface area contributed by atoms with Crippen LogP contribution in [0.3, 0.4) is 0 Å². The molecule has 0 unspecified atom stereocenters. The zero-order valence-corrected chi connectivity index (χ0v) is 16.2. The molecule has 0 fully saturated rings. The summed E-state index contributed by atoms with van der Waals surface area (Å²) in [6.45, 7) is 8.10. The molecule has 0 rings (SSSR count). The molecule has 0 saturated heterocycles. The summed E-state index contributed by atoms with van der Waals surface area (Å²) in [6, 6.07) is 0. The standard InChI is InChI=1S/C21H37FO2/c1-5-7-8-9-10-11-12-13-16-19(22)17-14-15-18-21(3,4)20(23)24-6-2/h14-15,17H,5-13,16,18H2,1-4H3/b15-14+,19-17+. The fourth-order valence-electron chi connectivity index (χ4n) is 2.46. The lowest BCUT2D eigenvalue weighted by Gasteiger charge is -2.19. The van der Waals surface area contributed by atoms with Gasteiger partial charge in [0.05, 0.1) is 17.8 Å². The van der Waals surface area contributed by atoms with Gasteiger partial charge in [-0.05, 0) is 46.1 Å². The highest BCUT2D eigenvalue weighted by molar-refractivity contribution is 5.76. The second-order valence-electron chi connectivity index (χ2n) is 7.08. The van der Waals surface area contributed by atoms with Crippen molar-refractivity contribution < 1.29 is 13.9 Å². The Labute approximate surface area is 148 Å². The molecule has 0 aromatic rings. The quantitative estimate of drug-likeness (QED) is 0.195. The van der Waals surface area contributed by atoms with Gasteiger partial charge in [-0.25, -0.2) is 4.39 Å². The van der Waals surface area contributed by atoms with Gasteiger partial charge in [0.1, 0.15) is 0 Å². The molecule has 0 aliphatic carbocycles. The van der Waals surface area contributed by atoms with Crippen LogP contribution in [0.4, 0.5) is 4.39 Å². The zero-order valence-electron chi connectivity index (χ0n) is 16.2. The maximum Gasteiger partial charge on any atom is 0.311 e. The molecule has 2 nitrogen and oxygen atoms in total. The summed E-state index contributed by atoms with van der Waals surface area (Å²) in [4.78, 5) is 11.7. The van der Waals surface area contributed by atoms with Gasteiger partial charge in [-0.1, -0.05) is 64.0 Å². The third kappa shape index (κ3) is 12.3. The van der Waals surface area contributed by atoms with Gasteiger partial charge >= 0.3 is 5.97 Å². The molecule has 0 radical (unpaired) electrons. The molecule has 0 aromatic carbocycles. The summed E-state index contributed by atoms with van der Waals surface area (Å²) in [5, 5.41) is 0. The number of ether oxygens (including phenoxy) is 1. The monoisotopic (exact) mass is 340 g/mol. The van der Waals surface area contributed by atoms with E-state index >= 15 is 0 Å². The number of hydrogen-bond donors (Lipinski definition) is 0. The molecule has 0 aliphatic rings. The van der Waals surface area contributed by atoms with E-state index in [4.69, 9.17) is 4.74 Å². The fourth-order valence-corrected chi connectivity index (χ4v) is 2.46. The molecule has 0 aliphatic heterocycles. The SMILES string of the molecule is CCCCCCCCCC/C(F)=C\C=C\CC(C)(C)C(=O)OCC. The summed E-state index contributed by atoms with van der Waals surface area (Å²) in [7, 11) is 0. The average molecular weight is 341 g/mol. The van der Waals surface area contributed by atoms with Gasteiger partial charge in [0, 0.05) is 0 Å². The molecular formula is C21H37FO2. The van der Waals surface area contributed by atoms with Crippen molar-refractivity contribution in [2.75, 3.05) is 6.61 Å². The van der Waals surface area contributed by atoms with Crippen LogP contribution in [-0.4, -0.2) is 12.6 Å². The van der Waals surface area contributed by atoms with Crippen molar-refractivity contribution in [3.63, 3.8) is 0 Å². The van der Waals surface area contributed by atoms with Gasteiger partial charge in [0.25, 0.3) is 0 Å². The van der Waals surface area contributed by atoms with Crippen molar-refractivity contribution in [2.45, 2.75) is 91.9 Å². The predicted molar refractivity (Wildman–Crippen MR) is 101 cm³/mol. The number of rotatable bonds is 14. The Morgan fingerprint density at radius 3 is 2.17 bits per heavy atom. The lowest BCUT2D eigenvalue weighted by molar-refractivity contribution is -0.153. The van der Waals surface area contributed by atoms with E-state index in [1.54, 1.807) is 13.0 Å². The summed E-state index contributed by atoms with van der Waals surface area (Å²) in [5.41, 5.74) is -0.561. The molecular weight excluding hydrogens is 303 g/mol. The minimum absolute atomic E-state index is 0.0776. The summed E-state index contributed by atoms with van der Waals surface area (Å²) >= 11 is 0. The van der Waals surface area contributed by atoms with Crippen LogP contribution in [0.25, 0.3) is 0 Å². The Bertz CT molecular complexity index is 383. The molecule has 0 amide bonds. The van der Waals surface area contributed by atoms with Crippen LogP contribution in [0, 0.1) is 5.41 Å². The van der Waals surface area contributed by atoms with Crippen LogP contribution in [0.5, 0.6) is 0 Å². The average Bonchev–Trinajstić information content (AvgIpc) is 2.54. The molecule has 0 bridgehead atoms. The van der Waals surface area contributed by atoms with Gasteiger partial charge in [-0.15, -0.1) is 0 Å². The van der Waals surface area contributed by atoms with E-state index in [0.717, 1.165) is 12.8 Å². The van der Waals surface area contributed by atoms with Gasteiger partial charge in [-0.3, -0.25) is 4.79 Å². The highest BCUT2D eigenvalue weighted by atomic mass is 19.1. The van der Waals surface area contributed by atoms with Crippen LogP contribution in [0.1, 0.15) is 91.9 Å². The Balaban J connectivity index is 3.84. The summed E-state index contributed by atoms with van der Waals surface area (Å²) < 4.78 is 18.7. The van der Waals surface area contributed by atoms with Crippen molar-refractivity contribution in [1.82, 2.24) is 0 Å². The van der Waals surface area contributed by atoms with Gasteiger partial charge in [0.15, 0.2) is 0 Å². The van der Waals surface area contributed by atoms with E-state index in [1.165, 1.54) is 44.6 Å². The van der Waals surface area contributed by atoms with E-state index in [2.05, 4.69) is 6.92 Å². The predicted octanol–water partition coefficient (Wildman–Crippen LogP) is 6.91. The lowest BCUT2D eigenvalue weighted by Crippen LogP contribution is -2.25. The number of carbonyl (C=O) groups excluding carboxylic acids is 1. The van der Waals surface area contributed by atoms with Crippen molar-refractivity contribution in [1.29, 1.82) is 0 Å². The lowest BCUT2D eigenvalue weighted by atomic mass is 9.89. The molecule has 0 saturated carbocycles. The summed E-state index contributed by atoms with van der Waals surface area (Å²) in [5.74, 6) is -0.288. The molecule has 140 valence electrons. The minimum Gasteiger partial charge on any atom is -0.466 e. The van der Waals surface area contributed by atoms with Crippen LogP contribution < -0.4 is 0 Å². The number of esters is 1. The molecule has 0 heterocycles. The van der Waals surface area contributed by atoms with E-state index in [9.17, 15) is 9.18 Å². The Morgan fingerprint density at radius 1 is 1.00 bits per heavy atom. The third-order valence-corrected chi connectivity index (χ3v) is 4.14. The van der Waals surface area contributed by atoms with Crippen LogP contribution in [-0.2, 0) is 9.53 Å². The van der Waals surface area contributed by atoms with Gasteiger partial charge < -0.3 is 4.74 Å². The first-order valence-corrected chi connectivity index (χ1v) is 9.62. The largest absolute Gasteiger partial charge is 0.466 e. The Morgan fingerprint density at radius 2 is 1.58 bits per heavy atom. The number of allylic oxidation sites excluding steroid dienone is 4. The summed E-state index contributed by atoms with van der Waals surface area (Å²) in [6.07, 6.45) is 15.9. The highest BCUT2D eigenvalue weighted by Gasteiger charge is 2.27. The molecule has 0 atom stereocenters. The number of halogens is 1. The number of unbranched alkanes of at least 4 members (excludes halogenated alkanes) is 7. The Hall–Kier alpha value is -1.12. The molecule has 0 N–H and O–H groups in total. The molecule has 3 heteroatoms. The molecule has 0 aromatic heterocycles. The van der Waals surface area contributed by atoms with Crippen LogP contribution >= 0.6 is 0 Å². The van der Waals surface area contributed by atoms with Crippen LogP contribution in [0.15, 0.2) is 24.1 Å². The van der Waals surface area contributed by atoms with Crippen LogP contribution in [0.2, 0.25) is 0 Å². The third-order valence-electron chi connectivity index (χ3n) is 4.14. The van der Waals surface area contributed by atoms with Gasteiger partial charge in [-0.2, -0.15) is 0 Å². The topological polar surface area (TPSA) is 26.3 Å². The van der Waals surface area contributed by atoms with E-state index < -0.39 is 5.41 Å². The maximum atomic E-state index is 13.7. The van der Waals surface area contributed by atoms with E-state index in [0.29, 0.717) is 19.4 Å². The smallest absolute Gasteiger partial charge is 0.311 e. The normalized spacial score (nSPS) is 12.8. The van der Waals surface area contributed by atoms with E-state index in [-0.39, 0.29) is 11.8 Å². The fraction of sp³-hybridized carbons (Fsp3) is 0.762. The van der Waals surface area contributed by atoms with E-state index in [1.807, 2.05) is 19.9 Å². The van der Waals surface area contributed by atoms with Crippen molar-refractivity contribution in [3.8, 4) is 0 Å². The van der Waals surface area contributed by atoms with Crippen molar-refractivity contribution >= 4 is 5.97 Å². The van der Waals surface area contributed by atoms with Crippen molar-refractivity contribution in [2.24, 2.45) is 5.41 Å². The second kappa shape index (κ2) is 14.2. The van der Waals surface area contributed by atoms with Gasteiger partial charge in [0.2, 0.25) is 0 Å². The molecule has 0 spiro atoms. The number of carbonyl (C=O) groups is 1. The first kappa shape index (κ1) is 22.9. The van der Waals surface area contributed by atoms with Crippen molar-refractivity contribution in [3.05, 3.63) is 24.1 Å². The molecule has 24 heavy (non-hydrogen) atoms. The number of hydrogen-bond acceptors (Lipinski definition) is 2. The Kier molecular flexibility index (Phi) is 13.6. The maximum absolute atomic E-state index is 13.7. The highest BCUT2D eigenvalue weighted by Crippen LogP contribution is 2.23. The minimum atomic E-state index is -0.561. The first-order valence-electron chi connectivity index (χ1n) is 9.62. The second-order valence-corrected chi connectivity index (χ2v) is 7.08. The first-order chi connectivity index (χ1) is 11.4. The zero-order chi connectivity index (χ0) is 18.3.